The van der Waals surface area contributed by atoms with Gasteiger partial charge in [-0.25, -0.2) is 0 Å². The number of benzene rings is 2. The monoisotopic (exact) mass is 413 g/mol. The predicted octanol–water partition coefficient (Wildman–Crippen LogP) is 4.24. The topological polar surface area (TPSA) is 58.6 Å². The Labute approximate surface area is 139 Å². The van der Waals surface area contributed by atoms with Crippen LogP contribution in [0, 0.1) is 6.92 Å². The van der Waals surface area contributed by atoms with E-state index in [4.69, 9.17) is 4.74 Å². The summed E-state index contributed by atoms with van der Waals surface area (Å²) >= 11 is 6.41. The van der Waals surface area contributed by atoms with Gasteiger partial charge in [-0.05, 0) is 63.0 Å². The molecule has 0 bridgehead atoms. The number of halogens is 2. The third kappa shape index (κ3) is 4.47. The zero-order valence-electron chi connectivity index (χ0n) is 11.2. The van der Waals surface area contributed by atoms with Gasteiger partial charge in [-0.3, -0.25) is 4.79 Å². The van der Waals surface area contributed by atoms with Crippen molar-refractivity contribution in [1.82, 2.24) is 0 Å². The van der Waals surface area contributed by atoms with E-state index in [0.29, 0.717) is 20.4 Å². The van der Waals surface area contributed by atoms with E-state index in [0.717, 1.165) is 5.56 Å². The number of hydrogen-bond acceptors (Lipinski definition) is 3. The predicted molar refractivity (Wildman–Crippen MR) is 88.8 cm³/mol. The number of nitrogens with one attached hydrogen (secondary N) is 1. The molecule has 2 N–H and O–H groups in total. The number of aromatic hydroxyl groups is 1. The maximum Gasteiger partial charge on any atom is 0.262 e. The van der Waals surface area contributed by atoms with Crippen LogP contribution in [0.4, 0.5) is 5.69 Å². The lowest BCUT2D eigenvalue weighted by atomic mass is 10.2. The molecular weight excluding hydrogens is 402 g/mol. The van der Waals surface area contributed by atoms with Gasteiger partial charge in [0.05, 0.1) is 8.95 Å². The Morgan fingerprint density at radius 2 is 1.76 bits per heavy atom. The third-order valence-electron chi connectivity index (χ3n) is 2.69. The number of phenolic OH excluding ortho intramolecular Hbond substituents is 1. The van der Waals surface area contributed by atoms with Crippen molar-refractivity contribution < 1.29 is 14.6 Å². The van der Waals surface area contributed by atoms with Gasteiger partial charge in [0.1, 0.15) is 11.5 Å². The van der Waals surface area contributed by atoms with Crippen LogP contribution in [0.1, 0.15) is 5.56 Å². The summed E-state index contributed by atoms with van der Waals surface area (Å²) in [6.45, 7) is 1.90. The van der Waals surface area contributed by atoms with E-state index in [9.17, 15) is 9.90 Å². The molecule has 0 aliphatic rings. The zero-order valence-corrected chi connectivity index (χ0v) is 14.4. The van der Waals surface area contributed by atoms with E-state index < -0.39 is 0 Å². The first-order valence-corrected chi connectivity index (χ1v) is 7.71. The maximum absolute atomic E-state index is 11.8. The van der Waals surface area contributed by atoms with E-state index in [1.165, 1.54) is 0 Å². The van der Waals surface area contributed by atoms with Crippen LogP contribution in [0.3, 0.4) is 0 Å². The fraction of sp³-hybridized carbons (Fsp3) is 0.133. The average molecular weight is 415 g/mol. The normalized spacial score (nSPS) is 10.2. The molecule has 0 fully saturated rings. The lowest BCUT2D eigenvalue weighted by molar-refractivity contribution is -0.118. The minimum Gasteiger partial charge on any atom is -0.506 e. The summed E-state index contributed by atoms with van der Waals surface area (Å²) in [5.74, 6) is 0.452. The highest BCUT2D eigenvalue weighted by molar-refractivity contribution is 9.11. The molecule has 21 heavy (non-hydrogen) atoms. The Kier molecular flexibility index (Phi) is 5.25. The van der Waals surface area contributed by atoms with Crippen molar-refractivity contribution in [3.8, 4) is 11.5 Å². The Morgan fingerprint density at radius 1 is 1.19 bits per heavy atom. The fourth-order valence-corrected chi connectivity index (χ4v) is 2.80. The van der Waals surface area contributed by atoms with Crippen LogP contribution in [0.5, 0.6) is 11.5 Å². The van der Waals surface area contributed by atoms with Gasteiger partial charge in [-0.2, -0.15) is 0 Å². The summed E-state index contributed by atoms with van der Waals surface area (Å²) in [5.41, 5.74) is 1.69. The summed E-state index contributed by atoms with van der Waals surface area (Å²) in [6.07, 6.45) is 0. The van der Waals surface area contributed by atoms with Crippen LogP contribution < -0.4 is 10.1 Å². The lowest BCUT2D eigenvalue weighted by Gasteiger charge is -2.09. The molecule has 2 aromatic rings. The van der Waals surface area contributed by atoms with Crippen LogP contribution in [0.25, 0.3) is 0 Å². The quantitative estimate of drug-likeness (QED) is 0.735. The molecule has 0 saturated carbocycles. The molecule has 0 heterocycles. The average Bonchev–Trinajstić information content (AvgIpc) is 2.44. The smallest absolute Gasteiger partial charge is 0.262 e. The first-order chi connectivity index (χ1) is 9.95. The molecule has 2 aromatic carbocycles. The Hall–Kier alpha value is -1.53. The SMILES string of the molecule is Cc1ccc(OCC(=O)Nc2cc(Br)c(O)c(Br)c2)cc1. The summed E-state index contributed by atoms with van der Waals surface area (Å²) in [6, 6.07) is 10.7. The van der Waals surface area contributed by atoms with Crippen molar-refractivity contribution in [2.24, 2.45) is 0 Å². The number of phenols is 1. The standard InChI is InChI=1S/C15H13Br2NO3/c1-9-2-4-11(5-3-9)21-8-14(19)18-10-6-12(16)15(20)13(17)7-10/h2-7,20H,8H2,1H3,(H,18,19). The number of carbonyl (C=O) groups is 1. The van der Waals surface area contributed by atoms with Crippen LogP contribution in [0.2, 0.25) is 0 Å². The van der Waals surface area contributed by atoms with Gasteiger partial charge in [0.2, 0.25) is 0 Å². The third-order valence-corrected chi connectivity index (χ3v) is 3.90. The summed E-state index contributed by atoms with van der Waals surface area (Å²) in [7, 11) is 0. The highest BCUT2D eigenvalue weighted by atomic mass is 79.9. The molecule has 0 aliphatic carbocycles. The van der Waals surface area contributed by atoms with Crippen molar-refractivity contribution in [1.29, 1.82) is 0 Å². The number of anilines is 1. The Morgan fingerprint density at radius 3 is 2.33 bits per heavy atom. The van der Waals surface area contributed by atoms with Gasteiger partial charge in [0, 0.05) is 5.69 Å². The molecule has 0 radical (unpaired) electrons. The van der Waals surface area contributed by atoms with Crippen LogP contribution in [0.15, 0.2) is 45.3 Å². The molecule has 110 valence electrons. The van der Waals surface area contributed by atoms with Gasteiger partial charge in [-0.15, -0.1) is 0 Å². The molecule has 6 heteroatoms. The van der Waals surface area contributed by atoms with Crippen molar-refractivity contribution in [2.45, 2.75) is 6.92 Å². The first-order valence-electron chi connectivity index (χ1n) is 6.13. The number of ether oxygens (including phenoxy) is 1. The second-order valence-electron chi connectivity index (χ2n) is 4.44. The Balaban J connectivity index is 1.94. The van der Waals surface area contributed by atoms with Crippen LogP contribution >= 0.6 is 31.9 Å². The maximum atomic E-state index is 11.8. The van der Waals surface area contributed by atoms with Gasteiger partial charge >= 0.3 is 0 Å². The first kappa shape index (κ1) is 15.9. The summed E-state index contributed by atoms with van der Waals surface area (Å²) in [4.78, 5) is 11.8. The van der Waals surface area contributed by atoms with Gasteiger partial charge in [0.25, 0.3) is 5.91 Å². The van der Waals surface area contributed by atoms with E-state index in [1.807, 2.05) is 31.2 Å². The summed E-state index contributed by atoms with van der Waals surface area (Å²) < 4.78 is 6.38. The molecule has 0 unspecified atom stereocenters. The minimum absolute atomic E-state index is 0.0842. The number of amides is 1. The van der Waals surface area contributed by atoms with Crippen molar-refractivity contribution in [2.75, 3.05) is 11.9 Å². The molecule has 0 aromatic heterocycles. The Bertz CT molecular complexity index is 633. The number of rotatable bonds is 4. The second-order valence-corrected chi connectivity index (χ2v) is 6.15. The van der Waals surface area contributed by atoms with Crippen molar-refractivity contribution in [3.05, 3.63) is 50.9 Å². The largest absolute Gasteiger partial charge is 0.506 e. The fourth-order valence-electron chi connectivity index (χ4n) is 1.62. The molecule has 2 rings (SSSR count). The molecule has 0 spiro atoms. The van der Waals surface area contributed by atoms with Crippen LogP contribution in [-0.2, 0) is 4.79 Å². The van der Waals surface area contributed by atoms with Gasteiger partial charge < -0.3 is 15.2 Å². The zero-order chi connectivity index (χ0) is 15.4. The molecular formula is C15H13Br2NO3. The molecule has 0 atom stereocenters. The number of hydrogen-bond donors (Lipinski definition) is 2. The lowest BCUT2D eigenvalue weighted by Crippen LogP contribution is -2.20. The second kappa shape index (κ2) is 6.95. The number of aryl methyl sites for hydroxylation is 1. The highest BCUT2D eigenvalue weighted by Crippen LogP contribution is 2.35. The van der Waals surface area contributed by atoms with Crippen molar-refractivity contribution in [3.63, 3.8) is 0 Å². The molecule has 1 amide bonds. The van der Waals surface area contributed by atoms with E-state index in [2.05, 4.69) is 37.2 Å². The summed E-state index contributed by atoms with van der Waals surface area (Å²) in [5, 5.41) is 12.3. The van der Waals surface area contributed by atoms with Gasteiger partial charge in [-0.1, -0.05) is 17.7 Å². The minimum atomic E-state index is -0.278. The van der Waals surface area contributed by atoms with Crippen LogP contribution in [-0.4, -0.2) is 17.6 Å². The van der Waals surface area contributed by atoms with Crippen molar-refractivity contribution >= 4 is 43.5 Å². The van der Waals surface area contributed by atoms with E-state index in [-0.39, 0.29) is 18.3 Å². The van der Waals surface area contributed by atoms with E-state index >= 15 is 0 Å². The highest BCUT2D eigenvalue weighted by Gasteiger charge is 2.09. The molecule has 0 saturated heterocycles. The molecule has 0 aliphatic heterocycles. The number of carbonyl (C=O) groups excluding carboxylic acids is 1. The molecule has 4 nitrogen and oxygen atoms in total. The van der Waals surface area contributed by atoms with E-state index in [1.54, 1.807) is 12.1 Å². The van der Waals surface area contributed by atoms with Gasteiger partial charge in [0.15, 0.2) is 6.61 Å².